The molecule has 0 bridgehead atoms. The Labute approximate surface area is 147 Å². The van der Waals surface area contributed by atoms with Gasteiger partial charge in [-0.1, -0.05) is 53.6 Å². The van der Waals surface area contributed by atoms with E-state index in [2.05, 4.69) is 62.4 Å². The zero-order chi connectivity index (χ0) is 17.2. The predicted molar refractivity (Wildman–Crippen MR) is 97.8 cm³/mol. The molecule has 0 saturated heterocycles. The number of rotatable bonds is 3. The zero-order valence-corrected chi connectivity index (χ0v) is 14.3. The summed E-state index contributed by atoms with van der Waals surface area (Å²) >= 11 is 0. The topological polar surface area (TPSA) is 34.6 Å². The highest BCUT2D eigenvalue weighted by molar-refractivity contribution is 5.54. The van der Waals surface area contributed by atoms with E-state index in [9.17, 15) is 0 Å². The van der Waals surface area contributed by atoms with Gasteiger partial charge in [0.05, 0.1) is 10.7 Å². The first kappa shape index (κ1) is 15.3. The number of para-hydroxylation sites is 1. The van der Waals surface area contributed by atoms with Crippen molar-refractivity contribution >= 4 is 0 Å². The lowest BCUT2D eigenvalue weighted by molar-refractivity contribution is -0.734. The second kappa shape index (κ2) is 6.32. The summed E-state index contributed by atoms with van der Waals surface area (Å²) in [5.74, 6) is 0.699. The molecule has 0 amide bonds. The van der Waals surface area contributed by atoms with Crippen molar-refractivity contribution < 1.29 is 4.80 Å². The summed E-state index contributed by atoms with van der Waals surface area (Å²) in [5.41, 5.74) is 5.38. The second-order valence-electron chi connectivity index (χ2n) is 6.14. The molecule has 122 valence electrons. The van der Waals surface area contributed by atoms with Gasteiger partial charge >= 0.3 is 5.82 Å². The van der Waals surface area contributed by atoms with E-state index < -0.39 is 0 Å². The Morgan fingerprint density at radius 3 is 1.96 bits per heavy atom. The molecule has 0 aliphatic rings. The van der Waals surface area contributed by atoms with Gasteiger partial charge in [0.2, 0.25) is 0 Å². The highest BCUT2D eigenvalue weighted by Gasteiger charge is 2.23. The first-order valence-corrected chi connectivity index (χ1v) is 8.30. The number of hydrogen-bond acceptors (Lipinski definition) is 2. The highest BCUT2D eigenvalue weighted by atomic mass is 15.7. The Morgan fingerprint density at radius 1 is 0.720 bits per heavy atom. The molecule has 4 rings (SSSR count). The van der Waals surface area contributed by atoms with Crippen molar-refractivity contribution in [3.63, 3.8) is 0 Å². The van der Waals surface area contributed by atoms with Crippen LogP contribution in [0, 0.1) is 13.8 Å². The van der Waals surface area contributed by atoms with Gasteiger partial charge < -0.3 is 0 Å². The molecule has 4 nitrogen and oxygen atoms in total. The molecule has 1 aromatic heterocycles. The molecule has 25 heavy (non-hydrogen) atoms. The molecule has 0 fully saturated rings. The molecular weight excluding hydrogens is 308 g/mol. The van der Waals surface area contributed by atoms with Crippen molar-refractivity contribution in [3.05, 3.63) is 90.0 Å². The lowest BCUT2D eigenvalue weighted by Crippen LogP contribution is -2.43. The van der Waals surface area contributed by atoms with Crippen LogP contribution >= 0.6 is 0 Å². The molecule has 4 heteroatoms. The SMILES string of the molecule is Cc1ccc(-c2nn(-c3ccccc3)[n+](-c3ccc(C)cc3)n2)cc1. The van der Waals surface area contributed by atoms with Gasteiger partial charge in [-0.15, -0.1) is 0 Å². The van der Waals surface area contributed by atoms with Crippen molar-refractivity contribution in [1.29, 1.82) is 0 Å². The summed E-state index contributed by atoms with van der Waals surface area (Å²) in [7, 11) is 0. The average Bonchev–Trinajstić information content (AvgIpc) is 3.09. The largest absolute Gasteiger partial charge is 0.340 e. The van der Waals surface area contributed by atoms with Crippen LogP contribution < -0.4 is 4.80 Å². The number of aryl methyl sites for hydroxylation is 2. The van der Waals surface area contributed by atoms with Gasteiger partial charge in [-0.3, -0.25) is 0 Å². The van der Waals surface area contributed by atoms with Crippen molar-refractivity contribution in [2.24, 2.45) is 0 Å². The lowest BCUT2D eigenvalue weighted by Gasteiger charge is -1.99. The minimum absolute atomic E-state index is 0.699. The molecule has 1 heterocycles. The number of tetrazole rings is 1. The van der Waals surface area contributed by atoms with Crippen LogP contribution in [0.5, 0.6) is 0 Å². The number of hydrogen-bond donors (Lipinski definition) is 0. The first-order valence-electron chi connectivity index (χ1n) is 8.30. The third-order valence-electron chi connectivity index (χ3n) is 4.12. The molecule has 0 unspecified atom stereocenters. The Bertz CT molecular complexity index is 985. The third-order valence-corrected chi connectivity index (χ3v) is 4.12. The van der Waals surface area contributed by atoms with Gasteiger partial charge in [0.25, 0.3) is 0 Å². The van der Waals surface area contributed by atoms with Gasteiger partial charge in [0.15, 0.2) is 5.69 Å². The molecule has 4 aromatic rings. The maximum atomic E-state index is 4.75. The summed E-state index contributed by atoms with van der Waals surface area (Å²) in [6, 6.07) is 26.6. The molecule has 0 spiro atoms. The van der Waals surface area contributed by atoms with E-state index in [4.69, 9.17) is 10.2 Å². The molecule has 0 N–H and O–H groups in total. The summed E-state index contributed by atoms with van der Waals surface area (Å²) < 4.78 is 0. The smallest absolute Gasteiger partial charge is 0.0621 e. The summed E-state index contributed by atoms with van der Waals surface area (Å²) in [4.78, 5) is 3.67. The Kier molecular flexibility index (Phi) is 3.86. The van der Waals surface area contributed by atoms with Crippen LogP contribution in [0.1, 0.15) is 11.1 Å². The van der Waals surface area contributed by atoms with E-state index in [0.29, 0.717) is 5.82 Å². The van der Waals surface area contributed by atoms with E-state index >= 15 is 0 Å². The predicted octanol–water partition coefficient (Wildman–Crippen LogP) is 3.83. The van der Waals surface area contributed by atoms with Crippen molar-refractivity contribution in [3.8, 4) is 22.8 Å². The van der Waals surface area contributed by atoms with Gasteiger partial charge in [-0.05, 0) is 60.1 Å². The monoisotopic (exact) mass is 327 g/mol. The normalized spacial score (nSPS) is 10.8. The first-order chi connectivity index (χ1) is 12.2. The maximum Gasteiger partial charge on any atom is 0.340 e. The maximum absolute atomic E-state index is 4.75. The molecule has 0 aliphatic heterocycles. The fourth-order valence-electron chi connectivity index (χ4n) is 2.68. The van der Waals surface area contributed by atoms with Crippen LogP contribution in [0.25, 0.3) is 22.8 Å². The minimum Gasteiger partial charge on any atom is -0.0621 e. The Hall–Kier alpha value is -3.27. The zero-order valence-electron chi connectivity index (χ0n) is 14.3. The second-order valence-corrected chi connectivity index (χ2v) is 6.14. The summed E-state index contributed by atoms with van der Waals surface area (Å²) in [5, 5.41) is 9.50. The fourth-order valence-corrected chi connectivity index (χ4v) is 2.68. The van der Waals surface area contributed by atoms with Crippen LogP contribution in [0.3, 0.4) is 0 Å². The summed E-state index contributed by atoms with van der Waals surface area (Å²) in [6.07, 6.45) is 0. The third kappa shape index (κ3) is 3.06. The average molecular weight is 327 g/mol. The van der Waals surface area contributed by atoms with Crippen LogP contribution in [0.4, 0.5) is 0 Å². The van der Waals surface area contributed by atoms with Crippen LogP contribution in [-0.2, 0) is 0 Å². The number of aromatic nitrogens is 4. The Balaban J connectivity index is 1.89. The van der Waals surface area contributed by atoms with E-state index in [1.807, 2.05) is 39.9 Å². The van der Waals surface area contributed by atoms with Gasteiger partial charge in [0, 0.05) is 4.80 Å². The molecule has 0 aliphatic carbocycles. The van der Waals surface area contributed by atoms with E-state index in [0.717, 1.165) is 16.9 Å². The number of nitrogens with zero attached hydrogens (tertiary/aromatic N) is 4. The standard InChI is InChI=1S/C21H19N4/c1-16-8-12-18(13-9-16)21-22-24(19-6-4-3-5-7-19)25(23-21)20-14-10-17(2)11-15-20/h3-15H,1-2H3/q+1. The van der Waals surface area contributed by atoms with Crippen molar-refractivity contribution in [2.75, 3.05) is 0 Å². The molecule has 0 saturated carbocycles. The van der Waals surface area contributed by atoms with Gasteiger partial charge in [-0.25, -0.2) is 0 Å². The quantitative estimate of drug-likeness (QED) is 0.536. The molecule has 0 radical (unpaired) electrons. The van der Waals surface area contributed by atoms with Crippen LogP contribution in [-0.4, -0.2) is 15.0 Å². The van der Waals surface area contributed by atoms with Crippen molar-refractivity contribution in [1.82, 2.24) is 15.0 Å². The highest BCUT2D eigenvalue weighted by Crippen LogP contribution is 2.16. The molecule has 0 atom stereocenters. The van der Waals surface area contributed by atoms with E-state index in [1.54, 1.807) is 0 Å². The minimum atomic E-state index is 0.699. The summed E-state index contributed by atoms with van der Waals surface area (Å²) in [6.45, 7) is 4.15. The van der Waals surface area contributed by atoms with E-state index in [-0.39, 0.29) is 0 Å². The van der Waals surface area contributed by atoms with Gasteiger partial charge in [0.1, 0.15) is 5.69 Å². The van der Waals surface area contributed by atoms with Crippen LogP contribution in [0.15, 0.2) is 78.9 Å². The lowest BCUT2D eigenvalue weighted by atomic mass is 10.1. The Morgan fingerprint density at radius 2 is 1.32 bits per heavy atom. The molecule has 3 aromatic carbocycles. The van der Waals surface area contributed by atoms with Crippen molar-refractivity contribution in [2.45, 2.75) is 13.8 Å². The fraction of sp³-hybridized carbons (Fsp3) is 0.0952. The number of benzene rings is 3. The molecular formula is C21H19N4+. The van der Waals surface area contributed by atoms with Crippen LogP contribution in [0.2, 0.25) is 0 Å². The van der Waals surface area contributed by atoms with E-state index in [1.165, 1.54) is 11.1 Å². The van der Waals surface area contributed by atoms with Gasteiger partial charge in [-0.2, -0.15) is 0 Å².